The fourth-order valence-electron chi connectivity index (χ4n) is 3.08. The summed E-state index contributed by atoms with van der Waals surface area (Å²) in [6.07, 6.45) is 2.38. The highest BCUT2D eigenvalue weighted by Crippen LogP contribution is 2.35. The lowest BCUT2D eigenvalue weighted by Gasteiger charge is -2.37. The maximum atomic E-state index is 12.7. The van der Waals surface area contributed by atoms with Crippen LogP contribution in [0, 0.1) is 0 Å². The number of aromatic nitrogens is 1. The predicted molar refractivity (Wildman–Crippen MR) is 92.7 cm³/mol. The van der Waals surface area contributed by atoms with Gasteiger partial charge in [-0.05, 0) is 23.8 Å². The summed E-state index contributed by atoms with van der Waals surface area (Å²) in [5.41, 5.74) is 1.93. The van der Waals surface area contributed by atoms with Gasteiger partial charge in [-0.1, -0.05) is 36.7 Å². The summed E-state index contributed by atoms with van der Waals surface area (Å²) < 4.78 is 2.14. The number of amides is 2. The molecule has 0 saturated carbocycles. The molecule has 24 heavy (non-hydrogen) atoms. The summed E-state index contributed by atoms with van der Waals surface area (Å²) in [5.74, 6) is -0.229. The summed E-state index contributed by atoms with van der Waals surface area (Å²) in [6.45, 7) is 3.09. The molecule has 6 heteroatoms. The molecule has 0 fully saturated rings. The molecule has 1 aromatic heterocycles. The lowest BCUT2D eigenvalue weighted by Crippen LogP contribution is -2.46. The predicted octanol–water partition coefficient (Wildman–Crippen LogP) is 2.60. The van der Waals surface area contributed by atoms with Gasteiger partial charge in [0.15, 0.2) is 0 Å². The number of nitrogens with zero attached hydrogens (tertiary/aromatic N) is 2. The molecule has 0 spiro atoms. The van der Waals surface area contributed by atoms with Crippen LogP contribution in [0.25, 0.3) is 0 Å². The lowest BCUT2D eigenvalue weighted by atomic mass is 9.99. The van der Waals surface area contributed by atoms with Gasteiger partial charge in [-0.3, -0.25) is 9.59 Å². The Kier molecular flexibility index (Phi) is 4.90. The second-order valence-electron chi connectivity index (χ2n) is 5.77. The van der Waals surface area contributed by atoms with E-state index in [1.54, 1.807) is 11.8 Å². The third-order valence-electron chi connectivity index (χ3n) is 4.32. The Balaban J connectivity index is 1.92. The molecule has 1 aromatic carbocycles. The molecule has 1 aliphatic heterocycles. The van der Waals surface area contributed by atoms with E-state index in [4.69, 9.17) is 11.6 Å². The standard InChI is InChI=1S/C18H20ClN3O2/c1-2-16(23)20-12-17(24)22-11-10-21-9-5-8-15(21)18(22)13-6-3-4-7-14(13)19/h3-9,18H,2,10-12H2,1H3,(H,20,23). The first-order valence-corrected chi connectivity index (χ1v) is 8.45. The molecular weight excluding hydrogens is 326 g/mol. The maximum absolute atomic E-state index is 12.7. The molecule has 5 nitrogen and oxygen atoms in total. The van der Waals surface area contributed by atoms with Crippen molar-refractivity contribution in [2.24, 2.45) is 0 Å². The van der Waals surface area contributed by atoms with Gasteiger partial charge in [-0.15, -0.1) is 0 Å². The van der Waals surface area contributed by atoms with Gasteiger partial charge in [-0.2, -0.15) is 0 Å². The minimum atomic E-state index is -0.242. The van der Waals surface area contributed by atoms with Crippen molar-refractivity contribution in [1.29, 1.82) is 0 Å². The minimum absolute atomic E-state index is 0.00827. The quantitative estimate of drug-likeness (QED) is 0.926. The number of rotatable bonds is 4. The van der Waals surface area contributed by atoms with E-state index in [1.807, 2.05) is 42.6 Å². The fourth-order valence-corrected chi connectivity index (χ4v) is 3.32. The SMILES string of the molecule is CCC(=O)NCC(=O)N1CCn2cccc2C1c1ccccc1Cl. The molecule has 1 unspecified atom stereocenters. The van der Waals surface area contributed by atoms with E-state index >= 15 is 0 Å². The average molecular weight is 346 g/mol. The van der Waals surface area contributed by atoms with Crippen LogP contribution in [0.5, 0.6) is 0 Å². The Labute approximate surface area is 146 Å². The first-order valence-electron chi connectivity index (χ1n) is 8.07. The number of halogens is 1. The number of fused-ring (bicyclic) bond motifs is 1. The summed E-state index contributed by atoms with van der Waals surface area (Å²) in [5, 5.41) is 3.30. The van der Waals surface area contributed by atoms with Crippen LogP contribution in [0.4, 0.5) is 0 Å². The van der Waals surface area contributed by atoms with E-state index in [0.29, 0.717) is 18.0 Å². The molecule has 0 aliphatic carbocycles. The van der Waals surface area contributed by atoms with Crippen molar-refractivity contribution in [2.45, 2.75) is 25.9 Å². The van der Waals surface area contributed by atoms with Crippen molar-refractivity contribution in [3.8, 4) is 0 Å². The molecule has 2 amide bonds. The highest BCUT2D eigenvalue weighted by molar-refractivity contribution is 6.31. The van der Waals surface area contributed by atoms with E-state index in [1.165, 1.54) is 0 Å². The number of hydrogen-bond acceptors (Lipinski definition) is 2. The summed E-state index contributed by atoms with van der Waals surface area (Å²) in [4.78, 5) is 26.0. The van der Waals surface area contributed by atoms with Crippen LogP contribution in [0.2, 0.25) is 5.02 Å². The normalized spacial score (nSPS) is 16.6. The van der Waals surface area contributed by atoms with Crippen molar-refractivity contribution >= 4 is 23.4 Å². The van der Waals surface area contributed by atoms with Crippen LogP contribution >= 0.6 is 11.6 Å². The summed E-state index contributed by atoms with van der Waals surface area (Å²) in [7, 11) is 0. The Morgan fingerprint density at radius 1 is 1.21 bits per heavy atom. The van der Waals surface area contributed by atoms with Gasteiger partial charge in [0.25, 0.3) is 0 Å². The molecule has 0 bridgehead atoms. The monoisotopic (exact) mass is 345 g/mol. The molecule has 0 radical (unpaired) electrons. The van der Waals surface area contributed by atoms with Gasteiger partial charge in [0.05, 0.1) is 12.6 Å². The van der Waals surface area contributed by atoms with Crippen LogP contribution in [-0.4, -0.2) is 34.4 Å². The van der Waals surface area contributed by atoms with Gasteiger partial charge < -0.3 is 14.8 Å². The third kappa shape index (κ3) is 3.17. The molecule has 1 atom stereocenters. The lowest BCUT2D eigenvalue weighted by molar-refractivity contribution is -0.135. The second-order valence-corrected chi connectivity index (χ2v) is 6.18. The topological polar surface area (TPSA) is 54.3 Å². The van der Waals surface area contributed by atoms with E-state index < -0.39 is 0 Å². The number of carbonyl (C=O) groups excluding carboxylic acids is 2. The second kappa shape index (κ2) is 7.09. The Morgan fingerprint density at radius 3 is 2.75 bits per heavy atom. The van der Waals surface area contributed by atoms with Crippen LogP contribution in [-0.2, 0) is 16.1 Å². The number of benzene rings is 1. The molecule has 1 N–H and O–H groups in total. The zero-order valence-electron chi connectivity index (χ0n) is 13.5. The molecular formula is C18H20ClN3O2. The van der Waals surface area contributed by atoms with Crippen molar-refractivity contribution in [1.82, 2.24) is 14.8 Å². The van der Waals surface area contributed by atoms with Gasteiger partial charge in [-0.25, -0.2) is 0 Å². The largest absolute Gasteiger partial charge is 0.348 e. The van der Waals surface area contributed by atoms with Gasteiger partial charge in [0.1, 0.15) is 0 Å². The van der Waals surface area contributed by atoms with Gasteiger partial charge in [0, 0.05) is 36.4 Å². The summed E-state index contributed by atoms with van der Waals surface area (Å²) in [6, 6.07) is 11.3. The van der Waals surface area contributed by atoms with Crippen LogP contribution in [0.1, 0.15) is 30.6 Å². The average Bonchev–Trinajstić information content (AvgIpc) is 3.07. The molecule has 2 heterocycles. The highest BCUT2D eigenvalue weighted by atomic mass is 35.5. The van der Waals surface area contributed by atoms with E-state index in [9.17, 15) is 9.59 Å². The van der Waals surface area contributed by atoms with Gasteiger partial charge in [0.2, 0.25) is 11.8 Å². The van der Waals surface area contributed by atoms with E-state index in [-0.39, 0.29) is 24.4 Å². The Hall–Kier alpha value is -2.27. The zero-order chi connectivity index (χ0) is 17.1. The number of hydrogen-bond donors (Lipinski definition) is 1. The minimum Gasteiger partial charge on any atom is -0.348 e. The fraction of sp³-hybridized carbons (Fsp3) is 0.333. The van der Waals surface area contributed by atoms with Crippen molar-refractivity contribution in [2.75, 3.05) is 13.1 Å². The van der Waals surface area contributed by atoms with Crippen molar-refractivity contribution < 1.29 is 9.59 Å². The third-order valence-corrected chi connectivity index (χ3v) is 4.66. The zero-order valence-corrected chi connectivity index (χ0v) is 14.3. The van der Waals surface area contributed by atoms with Crippen molar-refractivity contribution in [3.05, 3.63) is 58.9 Å². The molecule has 2 aromatic rings. The van der Waals surface area contributed by atoms with Crippen molar-refractivity contribution in [3.63, 3.8) is 0 Å². The molecule has 126 valence electrons. The number of nitrogens with one attached hydrogen (secondary N) is 1. The van der Waals surface area contributed by atoms with Crippen LogP contribution in [0.3, 0.4) is 0 Å². The first-order chi connectivity index (χ1) is 11.6. The van der Waals surface area contributed by atoms with Gasteiger partial charge >= 0.3 is 0 Å². The molecule has 0 saturated heterocycles. The Bertz CT molecular complexity index is 756. The van der Waals surface area contributed by atoms with E-state index in [2.05, 4.69) is 9.88 Å². The molecule has 3 rings (SSSR count). The Morgan fingerprint density at radius 2 is 2.00 bits per heavy atom. The highest BCUT2D eigenvalue weighted by Gasteiger charge is 2.33. The molecule has 1 aliphatic rings. The van der Waals surface area contributed by atoms with Crippen LogP contribution in [0.15, 0.2) is 42.6 Å². The first kappa shape index (κ1) is 16.6. The summed E-state index contributed by atoms with van der Waals surface area (Å²) >= 11 is 6.39. The number of carbonyl (C=O) groups is 2. The van der Waals surface area contributed by atoms with E-state index in [0.717, 1.165) is 17.8 Å². The maximum Gasteiger partial charge on any atom is 0.242 e. The van der Waals surface area contributed by atoms with Crippen LogP contribution < -0.4 is 5.32 Å². The smallest absolute Gasteiger partial charge is 0.242 e.